The van der Waals surface area contributed by atoms with Gasteiger partial charge in [0.25, 0.3) is 0 Å². The van der Waals surface area contributed by atoms with Crippen molar-refractivity contribution < 1.29 is 13.3 Å². The molecule has 0 N–H and O–H groups in total. The Balaban J connectivity index is 3.69. The summed E-state index contributed by atoms with van der Waals surface area (Å²) in [6, 6.07) is 0.135. The molecule has 0 aliphatic carbocycles. The van der Waals surface area contributed by atoms with E-state index in [-0.39, 0.29) is 18.3 Å². The molecule has 0 bridgehead atoms. The van der Waals surface area contributed by atoms with Crippen molar-refractivity contribution >= 4 is 21.1 Å². The fourth-order valence-corrected chi connectivity index (χ4v) is 2.13. The van der Waals surface area contributed by atoms with E-state index < -0.39 is 9.53 Å². The van der Waals surface area contributed by atoms with Crippen LogP contribution in [0.4, 0.5) is 0 Å². The number of halogens is 1. The lowest BCUT2D eigenvalue weighted by Gasteiger charge is -2.19. The normalized spacial score (nSPS) is 12.0. The van der Waals surface area contributed by atoms with E-state index in [1.807, 2.05) is 27.7 Å². The van der Waals surface area contributed by atoms with Gasteiger partial charge in [0.1, 0.15) is 6.07 Å². The number of alkyl halides is 1. The zero-order valence-corrected chi connectivity index (χ0v) is 9.95. The Hall–Kier alpha value is 0.387. The third-order valence-electron chi connectivity index (χ3n) is 0.966. The largest absolute Gasteiger partial charge is 0.485 e. The zero-order valence-electron chi connectivity index (χ0n) is 8.04. The summed E-state index contributed by atoms with van der Waals surface area (Å²) in [5, 5.41) is 0. The minimum absolute atomic E-state index is 0.128. The second-order valence-electron chi connectivity index (χ2n) is 2.93. The van der Waals surface area contributed by atoms with Gasteiger partial charge >= 0.3 is 9.53 Å². The molecule has 0 fully saturated rings. The molecule has 0 aromatic heterocycles. The van der Waals surface area contributed by atoms with E-state index in [1.165, 1.54) is 0 Å². The van der Waals surface area contributed by atoms with E-state index in [0.717, 1.165) is 0 Å². The van der Waals surface area contributed by atoms with Gasteiger partial charge in [0.15, 0.2) is 0 Å². The van der Waals surface area contributed by atoms with Crippen molar-refractivity contribution in [1.29, 1.82) is 0 Å². The third-order valence-corrected chi connectivity index (χ3v) is 3.27. The van der Waals surface area contributed by atoms with Gasteiger partial charge in [0.2, 0.25) is 0 Å². The van der Waals surface area contributed by atoms with Gasteiger partial charge in [0, 0.05) is 12.2 Å². The van der Waals surface area contributed by atoms with Crippen LogP contribution >= 0.6 is 11.6 Å². The highest BCUT2D eigenvalue weighted by atomic mass is 35.5. The van der Waals surface area contributed by atoms with Crippen molar-refractivity contribution in [2.24, 2.45) is 0 Å². The van der Waals surface area contributed by atoms with E-state index >= 15 is 0 Å². The topological polar surface area (TPSA) is 27.7 Å². The number of hydrogen-bond donors (Lipinski definition) is 0. The fourth-order valence-electron chi connectivity index (χ4n) is 0.607. The van der Waals surface area contributed by atoms with Gasteiger partial charge in [-0.15, -0.1) is 0 Å². The summed E-state index contributed by atoms with van der Waals surface area (Å²) < 4.78 is 15.9. The summed E-state index contributed by atoms with van der Waals surface area (Å²) in [5.74, 6) is 0. The molecule has 0 saturated carbocycles. The zero-order chi connectivity index (χ0) is 9.56. The highest BCUT2D eigenvalue weighted by Crippen LogP contribution is 2.02. The Morgan fingerprint density at radius 2 is 1.50 bits per heavy atom. The van der Waals surface area contributed by atoms with Crippen LogP contribution in [0.25, 0.3) is 0 Å². The molecular weight excluding hydrogens is 196 g/mol. The molecule has 0 aliphatic rings. The maximum absolute atomic E-state index is 5.42. The molecule has 3 nitrogen and oxygen atoms in total. The average Bonchev–Trinajstić information content (AvgIpc) is 1.84. The van der Waals surface area contributed by atoms with Crippen LogP contribution in [0, 0.1) is 0 Å². The van der Waals surface area contributed by atoms with Crippen molar-refractivity contribution in [3.05, 3.63) is 0 Å². The van der Waals surface area contributed by atoms with Crippen LogP contribution in [0.5, 0.6) is 0 Å². The van der Waals surface area contributed by atoms with Crippen LogP contribution in [0.15, 0.2) is 0 Å². The third kappa shape index (κ3) is 7.06. The Bertz CT molecular complexity index is 101. The van der Waals surface area contributed by atoms with Crippen LogP contribution in [-0.2, 0) is 13.3 Å². The summed E-state index contributed by atoms with van der Waals surface area (Å²) in [4.78, 5) is 0. The second kappa shape index (κ2) is 6.86. The monoisotopic (exact) mass is 212 g/mol. The molecule has 0 spiro atoms. The molecule has 0 aromatic rings. The Morgan fingerprint density at radius 3 is 1.75 bits per heavy atom. The smallest absolute Gasteiger partial charge is 0.373 e. The van der Waals surface area contributed by atoms with Gasteiger partial charge in [-0.2, -0.15) is 0 Å². The minimum atomic E-state index is -1.98. The number of rotatable bonds is 6. The molecule has 0 amide bonds. The second-order valence-corrected chi connectivity index (χ2v) is 4.61. The van der Waals surface area contributed by atoms with E-state index in [2.05, 4.69) is 0 Å². The quantitative estimate of drug-likeness (QED) is 0.496. The van der Waals surface area contributed by atoms with Gasteiger partial charge < -0.3 is 13.3 Å². The van der Waals surface area contributed by atoms with Crippen molar-refractivity contribution in [2.75, 3.05) is 6.07 Å². The first kappa shape index (κ1) is 12.4. The van der Waals surface area contributed by atoms with Crippen LogP contribution in [0.2, 0.25) is 0 Å². The highest BCUT2D eigenvalue weighted by Gasteiger charge is 2.18. The van der Waals surface area contributed by atoms with Crippen molar-refractivity contribution in [2.45, 2.75) is 39.9 Å². The summed E-state index contributed by atoms with van der Waals surface area (Å²) in [7, 11) is -1.98. The van der Waals surface area contributed by atoms with Crippen LogP contribution in [0.1, 0.15) is 27.7 Å². The van der Waals surface area contributed by atoms with Crippen LogP contribution < -0.4 is 0 Å². The van der Waals surface area contributed by atoms with Gasteiger partial charge in [-0.3, -0.25) is 0 Å². The molecule has 0 unspecified atom stereocenters. The van der Waals surface area contributed by atoms with Crippen molar-refractivity contribution in [1.82, 2.24) is 0 Å². The molecule has 0 rings (SSSR count). The molecule has 0 aliphatic heterocycles. The first-order valence-corrected chi connectivity index (χ1v) is 5.99. The minimum Gasteiger partial charge on any atom is -0.373 e. The van der Waals surface area contributed by atoms with Gasteiger partial charge in [0.05, 0.1) is 0 Å². The molecule has 0 heterocycles. The van der Waals surface area contributed by atoms with Gasteiger partial charge in [-0.05, 0) is 27.7 Å². The molecule has 12 heavy (non-hydrogen) atoms. The number of hydrogen-bond acceptors (Lipinski definition) is 3. The molecule has 5 heteroatoms. The summed E-state index contributed by atoms with van der Waals surface area (Å²) in [6.07, 6.45) is 0.257. The summed E-state index contributed by atoms with van der Waals surface area (Å²) in [6.45, 7) is 7.78. The predicted octanol–water partition coefficient (Wildman–Crippen LogP) is 1.77. The molecule has 0 aromatic carbocycles. The SMILES string of the molecule is CC(C)O[SiH](OCCl)OC(C)C. The van der Waals surface area contributed by atoms with Crippen molar-refractivity contribution in [3.63, 3.8) is 0 Å². The average molecular weight is 213 g/mol. The van der Waals surface area contributed by atoms with Crippen molar-refractivity contribution in [3.8, 4) is 0 Å². The standard InChI is InChI=1S/C7H17ClO3Si/c1-6(2)10-12(9-5-8)11-7(3)4/h6-7,12H,5H2,1-4H3. The first-order valence-electron chi connectivity index (χ1n) is 4.04. The molecular formula is C7H17ClO3Si. The Kier molecular flexibility index (Phi) is 7.08. The van der Waals surface area contributed by atoms with Gasteiger partial charge in [-0.1, -0.05) is 11.6 Å². The Labute approximate surface area is 80.9 Å². The van der Waals surface area contributed by atoms with Crippen LogP contribution in [-0.4, -0.2) is 27.8 Å². The lowest BCUT2D eigenvalue weighted by molar-refractivity contribution is 0.0603. The van der Waals surface area contributed by atoms with Crippen LogP contribution in [0.3, 0.4) is 0 Å². The lowest BCUT2D eigenvalue weighted by Crippen LogP contribution is -2.32. The summed E-state index contributed by atoms with van der Waals surface area (Å²) >= 11 is 5.42. The van der Waals surface area contributed by atoms with Gasteiger partial charge in [-0.25, -0.2) is 0 Å². The maximum atomic E-state index is 5.42. The van der Waals surface area contributed by atoms with E-state index in [1.54, 1.807) is 0 Å². The predicted molar refractivity (Wildman–Crippen MR) is 51.4 cm³/mol. The lowest BCUT2D eigenvalue weighted by atomic mass is 10.5. The molecule has 0 radical (unpaired) electrons. The van der Waals surface area contributed by atoms with E-state index in [4.69, 9.17) is 24.9 Å². The Morgan fingerprint density at radius 1 is 1.08 bits per heavy atom. The summed E-state index contributed by atoms with van der Waals surface area (Å²) in [5.41, 5.74) is 0. The molecule has 0 saturated heterocycles. The molecule has 74 valence electrons. The highest BCUT2D eigenvalue weighted by molar-refractivity contribution is 6.37. The maximum Gasteiger partial charge on any atom is 0.485 e. The van der Waals surface area contributed by atoms with E-state index in [0.29, 0.717) is 0 Å². The van der Waals surface area contributed by atoms with E-state index in [9.17, 15) is 0 Å². The first-order chi connectivity index (χ1) is 5.56. The molecule has 0 atom stereocenters. The fraction of sp³-hybridized carbons (Fsp3) is 1.00.